The summed E-state index contributed by atoms with van der Waals surface area (Å²) in [6.07, 6.45) is -2.49. The van der Waals surface area contributed by atoms with Crippen LogP contribution < -0.4 is 15.8 Å². The molecule has 0 aliphatic carbocycles. The Labute approximate surface area is 224 Å². The summed E-state index contributed by atoms with van der Waals surface area (Å²) in [5.41, 5.74) is 0.158. The molecule has 5 rings (SSSR count). The van der Waals surface area contributed by atoms with E-state index < -0.39 is 47.1 Å². The number of nitrogens with two attached hydrogens (primary N) is 1. The monoisotopic (exact) mass is 555 g/mol. The molecule has 0 saturated carbocycles. The average Bonchev–Trinajstić information content (AvgIpc) is 3.28. The van der Waals surface area contributed by atoms with E-state index in [1.807, 2.05) is 0 Å². The van der Waals surface area contributed by atoms with Gasteiger partial charge in [-0.05, 0) is 55.5 Å². The lowest BCUT2D eigenvalue weighted by atomic mass is 9.81. The van der Waals surface area contributed by atoms with Crippen LogP contribution in [0.3, 0.4) is 0 Å². The first-order valence-corrected chi connectivity index (χ1v) is 11.9. The topological polar surface area (TPSA) is 140 Å². The molecule has 4 aromatic rings. The second-order valence-electron chi connectivity index (χ2n) is 9.53. The van der Waals surface area contributed by atoms with E-state index in [1.165, 1.54) is 49.6 Å². The number of rotatable bonds is 6. The molecular weight excluding hydrogens is 534 g/mol. The zero-order valence-corrected chi connectivity index (χ0v) is 20.8. The van der Waals surface area contributed by atoms with Gasteiger partial charge in [0.1, 0.15) is 29.3 Å². The molecule has 2 aromatic carbocycles. The number of hydrogen-bond donors (Lipinski definition) is 3. The number of aromatic nitrogens is 3. The number of nitrogens with zero attached hydrogens (tertiary/aromatic N) is 3. The van der Waals surface area contributed by atoms with Crippen molar-refractivity contribution in [1.82, 2.24) is 20.3 Å². The maximum Gasteiger partial charge on any atom is 0.424 e. The molecule has 2 atom stereocenters. The second kappa shape index (κ2) is 9.52. The van der Waals surface area contributed by atoms with Gasteiger partial charge in [-0.25, -0.2) is 9.37 Å². The van der Waals surface area contributed by atoms with Crippen LogP contribution in [0.5, 0.6) is 5.75 Å². The average molecular weight is 555 g/mol. The fourth-order valence-electron chi connectivity index (χ4n) is 4.35. The van der Waals surface area contributed by atoms with Gasteiger partial charge < -0.3 is 20.9 Å². The molecule has 0 spiro atoms. The van der Waals surface area contributed by atoms with Crippen molar-refractivity contribution in [2.45, 2.75) is 24.1 Å². The highest BCUT2D eigenvalue weighted by molar-refractivity contribution is 5.97. The minimum absolute atomic E-state index is 0.0128. The molecule has 0 fully saturated rings. The Bertz CT molecular complexity index is 1650. The van der Waals surface area contributed by atoms with Crippen molar-refractivity contribution < 1.29 is 37.0 Å². The number of aliphatic hydroxyl groups is 1. The molecule has 0 saturated heterocycles. The van der Waals surface area contributed by atoms with Crippen LogP contribution in [0.15, 0.2) is 60.9 Å². The summed E-state index contributed by atoms with van der Waals surface area (Å²) in [5, 5.41) is 13.2. The molecule has 0 bridgehead atoms. The third-order valence-corrected chi connectivity index (χ3v) is 6.86. The van der Waals surface area contributed by atoms with Crippen LogP contribution in [0.4, 0.5) is 17.6 Å². The summed E-state index contributed by atoms with van der Waals surface area (Å²) >= 11 is 0. The van der Waals surface area contributed by atoms with E-state index in [-0.39, 0.29) is 34.7 Å². The Morgan fingerprint density at radius 2 is 1.75 bits per heavy atom. The van der Waals surface area contributed by atoms with Gasteiger partial charge in [0.15, 0.2) is 0 Å². The zero-order valence-electron chi connectivity index (χ0n) is 20.8. The Kier molecular flexibility index (Phi) is 6.41. The van der Waals surface area contributed by atoms with Crippen LogP contribution in [0.1, 0.15) is 28.5 Å². The van der Waals surface area contributed by atoms with E-state index in [0.717, 1.165) is 18.2 Å². The number of alkyl halides is 3. The van der Waals surface area contributed by atoms with Gasteiger partial charge in [-0.15, -0.1) is 0 Å². The number of halogens is 4. The van der Waals surface area contributed by atoms with Crippen molar-refractivity contribution in [3.05, 3.63) is 83.6 Å². The van der Waals surface area contributed by atoms with E-state index in [0.29, 0.717) is 11.0 Å². The molecule has 1 aliphatic rings. The lowest BCUT2D eigenvalue weighted by Crippen LogP contribution is -2.51. The van der Waals surface area contributed by atoms with E-state index in [9.17, 15) is 32.3 Å². The fraction of sp³-hybridized carbons (Fsp3) is 0.222. The number of pyridine rings is 1. The first-order valence-electron chi connectivity index (χ1n) is 11.9. The Morgan fingerprint density at radius 1 is 1.07 bits per heavy atom. The molecule has 3 heterocycles. The number of carbonyl (C=O) groups is 2. The number of hydrogen-bond acceptors (Lipinski definition) is 7. The highest BCUT2D eigenvalue weighted by Gasteiger charge is 2.57. The molecule has 206 valence electrons. The molecular formula is C27H21F4N5O4. The van der Waals surface area contributed by atoms with Crippen molar-refractivity contribution in [3.63, 3.8) is 0 Å². The normalized spacial score (nSPS) is 18.1. The molecule has 0 radical (unpaired) electrons. The number of ether oxygens (including phenoxy) is 1. The summed E-state index contributed by atoms with van der Waals surface area (Å²) in [7, 11) is 0. The van der Waals surface area contributed by atoms with Crippen LogP contribution in [0.2, 0.25) is 0 Å². The third kappa shape index (κ3) is 4.47. The predicted octanol–water partition coefficient (Wildman–Crippen LogP) is 3.15. The molecule has 4 N–H and O–H groups in total. The molecule has 13 heteroatoms. The first kappa shape index (κ1) is 26.9. The summed E-state index contributed by atoms with van der Waals surface area (Å²) in [5.74, 6) is -2.42. The van der Waals surface area contributed by atoms with Crippen molar-refractivity contribution in [3.8, 4) is 17.0 Å². The zero-order chi connectivity index (χ0) is 28.9. The van der Waals surface area contributed by atoms with Gasteiger partial charge in [0.25, 0.3) is 5.91 Å². The van der Waals surface area contributed by atoms with Gasteiger partial charge in [0.2, 0.25) is 11.5 Å². The van der Waals surface area contributed by atoms with E-state index in [4.69, 9.17) is 10.5 Å². The van der Waals surface area contributed by atoms with E-state index in [2.05, 4.69) is 20.3 Å². The van der Waals surface area contributed by atoms with Gasteiger partial charge in [-0.1, -0.05) is 0 Å². The lowest BCUT2D eigenvalue weighted by Gasteiger charge is -2.31. The summed E-state index contributed by atoms with van der Waals surface area (Å²) < 4.78 is 62.7. The molecule has 40 heavy (non-hydrogen) atoms. The fourth-order valence-corrected chi connectivity index (χ4v) is 4.35. The van der Waals surface area contributed by atoms with Crippen molar-refractivity contribution in [1.29, 1.82) is 0 Å². The molecule has 0 unspecified atom stereocenters. The number of carbonyl (C=O) groups excluding carboxylic acids is 2. The van der Waals surface area contributed by atoms with Crippen molar-refractivity contribution in [2.24, 2.45) is 5.73 Å². The lowest BCUT2D eigenvalue weighted by molar-refractivity contribution is -0.265. The second-order valence-corrected chi connectivity index (χ2v) is 9.53. The highest BCUT2D eigenvalue weighted by Crippen LogP contribution is 2.47. The van der Waals surface area contributed by atoms with Gasteiger partial charge in [-0.3, -0.25) is 19.6 Å². The van der Waals surface area contributed by atoms with Crippen LogP contribution in [0.25, 0.3) is 22.3 Å². The van der Waals surface area contributed by atoms with Crippen LogP contribution in [0, 0.1) is 5.82 Å². The minimum Gasteiger partial charge on any atom is -0.489 e. The Hall–Kier alpha value is -4.65. The standard InChI is InChI=1S/C27H21F4N5O4/c1-25(24(32)38)13-40-22-17(25)11-20(36-21(22)14-2-5-16(28)6-3-14)26(39,27(29,30)31)12-35-23(37)15-4-7-18-19(10-15)34-9-8-33-18/h2-11,39H,12-13H2,1H3,(H2,32,38)(H,35,37)/t25-,26-/m0/s1. The largest absolute Gasteiger partial charge is 0.489 e. The van der Waals surface area contributed by atoms with Crippen LogP contribution >= 0.6 is 0 Å². The molecule has 2 aromatic heterocycles. The maximum atomic E-state index is 14.5. The van der Waals surface area contributed by atoms with Crippen molar-refractivity contribution >= 4 is 22.8 Å². The number of fused-ring (bicyclic) bond motifs is 2. The van der Waals surface area contributed by atoms with Gasteiger partial charge in [0.05, 0.1) is 23.3 Å². The molecule has 9 nitrogen and oxygen atoms in total. The van der Waals surface area contributed by atoms with E-state index >= 15 is 0 Å². The van der Waals surface area contributed by atoms with Crippen molar-refractivity contribution in [2.75, 3.05) is 13.2 Å². The smallest absolute Gasteiger partial charge is 0.424 e. The molecule has 2 amide bonds. The number of nitrogens with one attached hydrogen (secondary N) is 1. The van der Waals surface area contributed by atoms with Gasteiger partial charge in [0, 0.05) is 29.1 Å². The SMILES string of the molecule is C[C@]1(C(N)=O)COc2c1cc([C@@](O)(CNC(=O)c1ccc3nccnc3c1)C(F)(F)F)nc2-c1ccc(F)cc1. The number of amides is 2. The van der Waals surface area contributed by atoms with Crippen LogP contribution in [-0.4, -0.2) is 51.2 Å². The maximum absolute atomic E-state index is 14.5. The van der Waals surface area contributed by atoms with E-state index in [1.54, 1.807) is 0 Å². The first-order chi connectivity index (χ1) is 18.8. The quantitative estimate of drug-likeness (QED) is 0.311. The predicted molar refractivity (Wildman–Crippen MR) is 133 cm³/mol. The summed E-state index contributed by atoms with van der Waals surface area (Å²) in [4.78, 5) is 37.3. The minimum atomic E-state index is -5.33. The van der Waals surface area contributed by atoms with Gasteiger partial charge >= 0.3 is 6.18 Å². The molecule has 1 aliphatic heterocycles. The highest BCUT2D eigenvalue weighted by atomic mass is 19.4. The number of primary amides is 1. The van der Waals surface area contributed by atoms with Crippen LogP contribution in [-0.2, 0) is 15.8 Å². The summed E-state index contributed by atoms with van der Waals surface area (Å²) in [6, 6.07) is 9.75. The Morgan fingerprint density at radius 3 is 2.40 bits per heavy atom. The summed E-state index contributed by atoms with van der Waals surface area (Å²) in [6.45, 7) is -0.226. The number of benzene rings is 2. The Balaban J connectivity index is 1.58. The third-order valence-electron chi connectivity index (χ3n) is 6.86. The van der Waals surface area contributed by atoms with Gasteiger partial charge in [-0.2, -0.15) is 13.2 Å².